The largest absolute Gasteiger partial charge is 0.497 e. The topological polar surface area (TPSA) is 79.0 Å². The summed E-state index contributed by atoms with van der Waals surface area (Å²) in [5.74, 6) is 0.647. The van der Waals surface area contributed by atoms with Crippen LogP contribution >= 0.6 is 0 Å². The highest BCUT2D eigenvalue weighted by Crippen LogP contribution is 2.23. The van der Waals surface area contributed by atoms with Crippen LogP contribution in [0.1, 0.15) is 43.1 Å². The van der Waals surface area contributed by atoms with Crippen molar-refractivity contribution >= 4 is 21.6 Å². The molecular weight excluding hydrogens is 438 g/mol. The standard InChI is InChI=1S/C25H35N3O4S/c1-25(2,3)21-8-6-20(7-9-21)24(29)26-14-5-19-33(30,31)28-17-15-27(16-18-28)22-10-12-23(32-4)13-11-22/h6-13H,5,14-19H2,1-4H3,(H,26,29). The fourth-order valence-corrected chi connectivity index (χ4v) is 5.31. The van der Waals surface area contributed by atoms with Crippen molar-refractivity contribution in [3.8, 4) is 5.75 Å². The normalized spacial score (nSPS) is 15.3. The van der Waals surface area contributed by atoms with Gasteiger partial charge in [-0.1, -0.05) is 32.9 Å². The minimum absolute atomic E-state index is 0.0266. The van der Waals surface area contributed by atoms with Gasteiger partial charge in [-0.15, -0.1) is 0 Å². The van der Waals surface area contributed by atoms with Gasteiger partial charge in [-0.2, -0.15) is 4.31 Å². The average molecular weight is 474 g/mol. The molecule has 7 nitrogen and oxygen atoms in total. The maximum Gasteiger partial charge on any atom is 0.251 e. The second-order valence-corrected chi connectivity index (χ2v) is 11.4. The average Bonchev–Trinajstić information content (AvgIpc) is 2.81. The van der Waals surface area contributed by atoms with Crippen LogP contribution in [-0.2, 0) is 15.4 Å². The lowest BCUT2D eigenvalue weighted by atomic mass is 9.87. The zero-order valence-corrected chi connectivity index (χ0v) is 20.8. The maximum absolute atomic E-state index is 12.7. The van der Waals surface area contributed by atoms with Crippen molar-refractivity contribution in [1.29, 1.82) is 0 Å². The molecule has 0 atom stereocenters. The van der Waals surface area contributed by atoms with E-state index in [1.54, 1.807) is 11.4 Å². The lowest BCUT2D eigenvalue weighted by Crippen LogP contribution is -2.49. The molecular formula is C25H35N3O4S. The Morgan fingerprint density at radius 2 is 1.58 bits per heavy atom. The van der Waals surface area contributed by atoms with E-state index in [1.807, 2.05) is 48.5 Å². The van der Waals surface area contributed by atoms with E-state index in [4.69, 9.17) is 4.74 Å². The fraction of sp³-hybridized carbons (Fsp3) is 0.480. The molecule has 0 aromatic heterocycles. The summed E-state index contributed by atoms with van der Waals surface area (Å²) in [5, 5.41) is 2.83. The maximum atomic E-state index is 12.7. The fourth-order valence-electron chi connectivity index (χ4n) is 3.83. The molecule has 180 valence electrons. The van der Waals surface area contributed by atoms with E-state index < -0.39 is 10.0 Å². The summed E-state index contributed by atoms with van der Waals surface area (Å²) in [7, 11) is -1.72. The number of ether oxygens (including phenoxy) is 1. The number of sulfonamides is 1. The molecule has 1 aliphatic rings. The molecule has 1 heterocycles. The van der Waals surface area contributed by atoms with E-state index in [-0.39, 0.29) is 17.1 Å². The number of amides is 1. The number of anilines is 1. The van der Waals surface area contributed by atoms with Crippen molar-refractivity contribution in [2.24, 2.45) is 0 Å². The molecule has 0 radical (unpaired) electrons. The van der Waals surface area contributed by atoms with Crippen molar-refractivity contribution in [3.63, 3.8) is 0 Å². The van der Waals surface area contributed by atoms with Gasteiger partial charge in [0.2, 0.25) is 10.0 Å². The number of hydrogen-bond donors (Lipinski definition) is 1. The van der Waals surface area contributed by atoms with Crippen molar-refractivity contribution < 1.29 is 17.9 Å². The molecule has 1 aliphatic heterocycles. The molecule has 1 N–H and O–H groups in total. The molecule has 2 aromatic carbocycles. The lowest BCUT2D eigenvalue weighted by molar-refractivity contribution is 0.0953. The third kappa shape index (κ3) is 6.71. The summed E-state index contributed by atoms with van der Waals surface area (Å²) in [5.41, 5.74) is 2.84. The Morgan fingerprint density at radius 3 is 2.12 bits per heavy atom. The van der Waals surface area contributed by atoms with E-state index in [0.717, 1.165) is 17.0 Å². The monoisotopic (exact) mass is 473 g/mol. The minimum atomic E-state index is -3.35. The molecule has 1 saturated heterocycles. The summed E-state index contributed by atoms with van der Waals surface area (Å²) in [4.78, 5) is 14.5. The predicted octanol–water partition coefficient (Wildman–Crippen LogP) is 3.26. The summed E-state index contributed by atoms with van der Waals surface area (Å²) in [6.07, 6.45) is 0.382. The highest BCUT2D eigenvalue weighted by Gasteiger charge is 2.26. The Morgan fingerprint density at radius 1 is 0.970 bits per heavy atom. The van der Waals surface area contributed by atoms with Crippen LogP contribution in [0.25, 0.3) is 0 Å². The van der Waals surface area contributed by atoms with Gasteiger partial charge in [0.1, 0.15) is 5.75 Å². The Kier molecular flexibility index (Phi) is 8.02. The Balaban J connectivity index is 1.42. The van der Waals surface area contributed by atoms with Crippen LogP contribution in [0.4, 0.5) is 5.69 Å². The van der Waals surface area contributed by atoms with E-state index in [1.165, 1.54) is 0 Å². The van der Waals surface area contributed by atoms with E-state index in [9.17, 15) is 13.2 Å². The van der Waals surface area contributed by atoms with Gasteiger partial charge in [0, 0.05) is 44.0 Å². The molecule has 33 heavy (non-hydrogen) atoms. The van der Waals surface area contributed by atoms with Crippen molar-refractivity contribution in [3.05, 3.63) is 59.7 Å². The first kappa shape index (κ1) is 25.1. The summed E-state index contributed by atoms with van der Waals surface area (Å²) >= 11 is 0. The summed E-state index contributed by atoms with van der Waals surface area (Å²) in [6.45, 7) is 8.91. The van der Waals surface area contributed by atoms with Gasteiger partial charge in [0.15, 0.2) is 0 Å². The second-order valence-electron chi connectivity index (χ2n) is 9.34. The third-order valence-corrected chi connectivity index (χ3v) is 7.90. The van der Waals surface area contributed by atoms with E-state index >= 15 is 0 Å². The molecule has 1 amide bonds. The number of benzene rings is 2. The van der Waals surface area contributed by atoms with Crippen LogP contribution in [-0.4, -0.2) is 64.2 Å². The van der Waals surface area contributed by atoms with Crippen molar-refractivity contribution in [2.75, 3.05) is 50.5 Å². The first-order valence-corrected chi connectivity index (χ1v) is 13.0. The van der Waals surface area contributed by atoms with Crippen LogP contribution in [0.2, 0.25) is 0 Å². The van der Waals surface area contributed by atoms with E-state index in [0.29, 0.717) is 44.7 Å². The van der Waals surface area contributed by atoms with Gasteiger partial charge in [0.05, 0.1) is 12.9 Å². The number of rotatable bonds is 8. The first-order chi connectivity index (χ1) is 15.6. The van der Waals surface area contributed by atoms with Gasteiger partial charge in [0.25, 0.3) is 5.91 Å². The van der Waals surface area contributed by atoms with Crippen LogP contribution in [0.3, 0.4) is 0 Å². The van der Waals surface area contributed by atoms with Crippen LogP contribution in [0.5, 0.6) is 5.75 Å². The number of nitrogens with zero attached hydrogens (tertiary/aromatic N) is 2. The third-order valence-electron chi connectivity index (χ3n) is 5.95. The second kappa shape index (κ2) is 10.6. The van der Waals surface area contributed by atoms with Gasteiger partial charge in [-0.3, -0.25) is 4.79 Å². The van der Waals surface area contributed by atoms with Gasteiger partial charge < -0.3 is 15.0 Å². The lowest BCUT2D eigenvalue weighted by Gasteiger charge is -2.35. The molecule has 0 bridgehead atoms. The van der Waals surface area contributed by atoms with Crippen LogP contribution < -0.4 is 15.0 Å². The Bertz CT molecular complexity index is 1020. The van der Waals surface area contributed by atoms with Crippen molar-refractivity contribution in [1.82, 2.24) is 9.62 Å². The number of methoxy groups -OCH3 is 1. The highest BCUT2D eigenvalue weighted by atomic mass is 32.2. The van der Waals surface area contributed by atoms with Gasteiger partial charge in [-0.05, 0) is 53.8 Å². The van der Waals surface area contributed by atoms with Gasteiger partial charge >= 0.3 is 0 Å². The number of hydrogen-bond acceptors (Lipinski definition) is 5. The molecule has 0 aliphatic carbocycles. The van der Waals surface area contributed by atoms with Crippen molar-refractivity contribution in [2.45, 2.75) is 32.6 Å². The van der Waals surface area contributed by atoms with E-state index in [2.05, 4.69) is 31.0 Å². The molecule has 8 heteroatoms. The quantitative estimate of drug-likeness (QED) is 0.596. The SMILES string of the molecule is COc1ccc(N2CCN(S(=O)(=O)CCCNC(=O)c3ccc(C(C)(C)C)cc3)CC2)cc1. The van der Waals surface area contributed by atoms with Crippen LogP contribution in [0.15, 0.2) is 48.5 Å². The van der Waals surface area contributed by atoms with Gasteiger partial charge in [-0.25, -0.2) is 8.42 Å². The van der Waals surface area contributed by atoms with Crippen LogP contribution in [0, 0.1) is 0 Å². The molecule has 0 unspecified atom stereocenters. The Labute approximate surface area is 197 Å². The molecule has 2 aromatic rings. The molecule has 1 fully saturated rings. The molecule has 0 spiro atoms. The molecule has 3 rings (SSSR count). The Hall–Kier alpha value is -2.58. The predicted molar refractivity (Wildman–Crippen MR) is 133 cm³/mol. The molecule has 0 saturated carbocycles. The zero-order valence-electron chi connectivity index (χ0n) is 20.0. The highest BCUT2D eigenvalue weighted by molar-refractivity contribution is 7.89. The smallest absolute Gasteiger partial charge is 0.251 e. The number of piperazine rings is 1. The summed E-state index contributed by atoms with van der Waals surface area (Å²) in [6, 6.07) is 15.3. The zero-order chi connectivity index (χ0) is 24.1. The summed E-state index contributed by atoms with van der Waals surface area (Å²) < 4.78 is 32.2. The first-order valence-electron chi connectivity index (χ1n) is 11.4. The minimum Gasteiger partial charge on any atom is -0.497 e. The number of carbonyl (C=O) groups is 1. The number of nitrogens with one attached hydrogen (secondary N) is 1. The number of carbonyl (C=O) groups excluding carboxylic acids is 1.